The van der Waals surface area contributed by atoms with Crippen LogP contribution in [0.25, 0.3) is 11.1 Å². The largest absolute Gasteiger partial charge is 0.497 e. The summed E-state index contributed by atoms with van der Waals surface area (Å²) in [6.45, 7) is 0.167. The van der Waals surface area contributed by atoms with Crippen LogP contribution in [0.4, 0.5) is 4.79 Å². The number of methoxy groups -OCH3 is 1. The zero-order valence-corrected chi connectivity index (χ0v) is 29.6. The van der Waals surface area contributed by atoms with Gasteiger partial charge in [0.15, 0.2) is 0 Å². The number of rotatable bonds is 13. The maximum Gasteiger partial charge on any atom is 0.407 e. The summed E-state index contributed by atoms with van der Waals surface area (Å²) in [4.78, 5) is 27.6. The van der Waals surface area contributed by atoms with Gasteiger partial charge in [0, 0.05) is 11.7 Å². The highest BCUT2D eigenvalue weighted by Gasteiger charge is 2.39. The highest BCUT2D eigenvalue weighted by molar-refractivity contribution is 8.00. The van der Waals surface area contributed by atoms with Crippen LogP contribution in [0.3, 0.4) is 0 Å². The van der Waals surface area contributed by atoms with E-state index in [9.17, 15) is 9.59 Å². The molecule has 6 aromatic rings. The topological polar surface area (TPSA) is 73.9 Å². The molecular formula is C45H39NO5S. The second kappa shape index (κ2) is 16.0. The van der Waals surface area contributed by atoms with E-state index < -0.39 is 22.9 Å². The van der Waals surface area contributed by atoms with Gasteiger partial charge in [-0.25, -0.2) is 9.59 Å². The van der Waals surface area contributed by atoms with Crippen molar-refractivity contribution in [2.75, 3.05) is 19.5 Å². The van der Waals surface area contributed by atoms with E-state index in [1.54, 1.807) is 18.9 Å². The number of carbonyl (C=O) groups is 2. The molecule has 0 aromatic heterocycles. The first-order chi connectivity index (χ1) is 25.6. The first kappa shape index (κ1) is 34.6. The molecule has 1 aliphatic rings. The van der Waals surface area contributed by atoms with Crippen LogP contribution in [-0.4, -0.2) is 37.6 Å². The van der Waals surface area contributed by atoms with Gasteiger partial charge in [0.2, 0.25) is 0 Å². The third-order valence-electron chi connectivity index (χ3n) is 9.47. The Morgan fingerprint density at radius 1 is 0.635 bits per heavy atom. The van der Waals surface area contributed by atoms with E-state index >= 15 is 0 Å². The molecule has 0 heterocycles. The molecule has 0 aliphatic heterocycles. The van der Waals surface area contributed by atoms with Crippen LogP contribution in [0.5, 0.6) is 5.75 Å². The third kappa shape index (κ3) is 7.32. The van der Waals surface area contributed by atoms with Crippen molar-refractivity contribution in [1.82, 2.24) is 5.32 Å². The smallest absolute Gasteiger partial charge is 0.407 e. The molecule has 0 fully saturated rings. The Morgan fingerprint density at radius 2 is 1.12 bits per heavy atom. The second-order valence-electron chi connectivity index (χ2n) is 12.6. The molecule has 6 aromatic carbocycles. The minimum atomic E-state index is -1.02. The lowest BCUT2D eigenvalue weighted by molar-refractivity contribution is -0.146. The predicted octanol–water partition coefficient (Wildman–Crippen LogP) is 9.37. The first-order valence-corrected chi connectivity index (χ1v) is 18.3. The number of alkyl carbamates (subject to hydrolysis) is 1. The number of nitrogens with one attached hydrogen (secondary N) is 1. The van der Waals surface area contributed by atoms with Crippen LogP contribution >= 0.6 is 11.8 Å². The van der Waals surface area contributed by atoms with E-state index in [1.165, 1.54) is 0 Å². The summed E-state index contributed by atoms with van der Waals surface area (Å²) in [5, 5.41) is 2.89. The van der Waals surface area contributed by atoms with Gasteiger partial charge in [-0.3, -0.25) is 0 Å². The summed E-state index contributed by atoms with van der Waals surface area (Å²) < 4.78 is 16.3. The number of hydrogen-bond donors (Lipinski definition) is 1. The molecular weight excluding hydrogens is 667 g/mol. The predicted molar refractivity (Wildman–Crippen MR) is 206 cm³/mol. The molecule has 1 aliphatic carbocycles. The third-order valence-corrected chi connectivity index (χ3v) is 11.1. The fourth-order valence-electron chi connectivity index (χ4n) is 6.90. The van der Waals surface area contributed by atoms with Crippen LogP contribution in [-0.2, 0) is 25.6 Å². The van der Waals surface area contributed by atoms with Crippen molar-refractivity contribution in [3.63, 3.8) is 0 Å². The van der Waals surface area contributed by atoms with Crippen molar-refractivity contribution in [2.24, 2.45) is 0 Å². The highest BCUT2D eigenvalue weighted by atomic mass is 32.2. The molecule has 1 atom stereocenters. The standard InChI is InChI=1S/C45H39NO5S/c1-49-36-27-25-32(26-28-36)29-50-43(47)42(46-44(48)51-30-41-39-23-13-11-21-37(39)38-22-12-14-24-40(38)41)31-52-45(33-15-5-2-6-16-33,34-17-7-3-8-18-34)35-19-9-4-10-20-35/h2-28,41-42H,29-31H2,1H3,(H,46,48)/t42-/m1/s1. The fourth-order valence-corrected chi connectivity index (χ4v) is 8.45. The van der Waals surface area contributed by atoms with Crippen LogP contribution in [0.15, 0.2) is 164 Å². The van der Waals surface area contributed by atoms with Crippen molar-refractivity contribution >= 4 is 23.8 Å². The van der Waals surface area contributed by atoms with Gasteiger partial charge in [-0.1, -0.05) is 152 Å². The van der Waals surface area contributed by atoms with Crippen molar-refractivity contribution < 1.29 is 23.8 Å². The lowest BCUT2D eigenvalue weighted by atomic mass is 9.84. The number of thioether (sulfide) groups is 1. The average Bonchev–Trinajstić information content (AvgIpc) is 3.53. The van der Waals surface area contributed by atoms with Crippen molar-refractivity contribution in [1.29, 1.82) is 0 Å². The van der Waals surface area contributed by atoms with E-state index in [0.717, 1.165) is 44.5 Å². The maximum absolute atomic E-state index is 14.0. The van der Waals surface area contributed by atoms with E-state index in [-0.39, 0.29) is 24.9 Å². The normalized spacial score (nSPS) is 12.6. The summed E-state index contributed by atoms with van der Waals surface area (Å²) in [6, 6.07) is 53.4. The van der Waals surface area contributed by atoms with Gasteiger partial charge in [0.1, 0.15) is 25.0 Å². The van der Waals surface area contributed by atoms with Crippen molar-refractivity contribution in [3.05, 3.63) is 197 Å². The minimum Gasteiger partial charge on any atom is -0.497 e. The zero-order valence-electron chi connectivity index (χ0n) is 28.8. The molecule has 260 valence electrons. The lowest BCUT2D eigenvalue weighted by Gasteiger charge is -2.36. The zero-order chi connectivity index (χ0) is 35.8. The molecule has 52 heavy (non-hydrogen) atoms. The Morgan fingerprint density at radius 3 is 1.62 bits per heavy atom. The summed E-state index contributed by atoms with van der Waals surface area (Å²) in [6.07, 6.45) is -0.682. The first-order valence-electron chi connectivity index (χ1n) is 17.3. The van der Waals surface area contributed by atoms with E-state index in [1.807, 2.05) is 103 Å². The van der Waals surface area contributed by atoms with Gasteiger partial charge in [-0.05, 0) is 56.6 Å². The van der Waals surface area contributed by atoms with Crippen LogP contribution in [0.2, 0.25) is 0 Å². The van der Waals surface area contributed by atoms with E-state index in [4.69, 9.17) is 14.2 Å². The Labute approximate surface area is 308 Å². The summed E-state index contributed by atoms with van der Waals surface area (Å²) in [5.41, 5.74) is 8.44. The van der Waals surface area contributed by atoms with Crippen LogP contribution in [0.1, 0.15) is 39.3 Å². The molecule has 0 saturated heterocycles. The summed E-state index contributed by atoms with van der Waals surface area (Å²) >= 11 is 1.57. The molecule has 0 spiro atoms. The molecule has 1 N–H and O–H groups in total. The molecule has 0 radical (unpaired) electrons. The van der Waals surface area contributed by atoms with E-state index in [0.29, 0.717) is 5.75 Å². The molecule has 7 rings (SSSR count). The molecule has 6 nitrogen and oxygen atoms in total. The number of fused-ring (bicyclic) bond motifs is 3. The van der Waals surface area contributed by atoms with Crippen molar-refractivity contribution in [3.8, 4) is 16.9 Å². The number of ether oxygens (including phenoxy) is 3. The van der Waals surface area contributed by atoms with Gasteiger partial charge >= 0.3 is 12.1 Å². The Hall–Kier alpha value is -5.79. The van der Waals surface area contributed by atoms with Gasteiger partial charge in [-0.2, -0.15) is 0 Å². The molecule has 7 heteroatoms. The van der Waals surface area contributed by atoms with Gasteiger partial charge < -0.3 is 19.5 Å². The van der Waals surface area contributed by atoms with Crippen molar-refractivity contribution in [2.45, 2.75) is 23.3 Å². The average molecular weight is 706 g/mol. The summed E-state index contributed by atoms with van der Waals surface area (Å²) in [5.74, 6) is 0.236. The van der Waals surface area contributed by atoms with Gasteiger partial charge in [-0.15, -0.1) is 11.8 Å². The SMILES string of the molecule is COc1ccc(COC(=O)[C@@H](CSC(c2ccccc2)(c2ccccc2)c2ccccc2)NC(=O)OCC2c3ccccc3-c3ccccc32)cc1. The lowest BCUT2D eigenvalue weighted by Crippen LogP contribution is -2.45. The quantitative estimate of drug-likeness (QED) is 0.0954. The number of esters is 1. The van der Waals surface area contributed by atoms with E-state index in [2.05, 4.69) is 66.0 Å². The molecule has 0 unspecified atom stereocenters. The van der Waals surface area contributed by atoms with Gasteiger partial charge in [0.05, 0.1) is 11.9 Å². The Balaban J connectivity index is 1.16. The fraction of sp³-hybridized carbons (Fsp3) is 0.156. The van der Waals surface area contributed by atoms with Crippen LogP contribution in [0, 0.1) is 0 Å². The molecule has 0 bridgehead atoms. The number of benzene rings is 6. The van der Waals surface area contributed by atoms with Crippen LogP contribution < -0.4 is 10.1 Å². The molecule has 1 amide bonds. The second-order valence-corrected chi connectivity index (χ2v) is 13.8. The highest BCUT2D eigenvalue weighted by Crippen LogP contribution is 2.49. The minimum absolute atomic E-state index is 0.0392. The van der Waals surface area contributed by atoms with Gasteiger partial charge in [0.25, 0.3) is 0 Å². The number of amides is 1. The molecule has 0 saturated carbocycles. The number of carbonyl (C=O) groups excluding carboxylic acids is 2. The Bertz CT molecular complexity index is 1960. The number of hydrogen-bond acceptors (Lipinski definition) is 6. The summed E-state index contributed by atoms with van der Waals surface area (Å²) in [7, 11) is 1.60. The Kier molecular flexibility index (Phi) is 10.7. The monoisotopic (exact) mass is 705 g/mol. The maximum atomic E-state index is 14.0.